The Bertz CT molecular complexity index is 233. The van der Waals surface area contributed by atoms with Gasteiger partial charge in [0.15, 0.2) is 0 Å². The summed E-state index contributed by atoms with van der Waals surface area (Å²) in [6.45, 7) is 5.27. The van der Waals surface area contributed by atoms with Crippen LogP contribution in [0.2, 0.25) is 0 Å². The van der Waals surface area contributed by atoms with Crippen LogP contribution in [0.25, 0.3) is 0 Å². The van der Waals surface area contributed by atoms with Gasteiger partial charge in [0.25, 0.3) is 0 Å². The SMILES string of the molecule is CCCC[n+]1ccn(C(C)N)c1.[Cl-]. The molecule has 0 saturated carbocycles. The monoisotopic (exact) mass is 203 g/mol. The lowest BCUT2D eigenvalue weighted by Crippen LogP contribution is -3.00. The minimum Gasteiger partial charge on any atom is -1.00 e. The lowest BCUT2D eigenvalue weighted by Gasteiger charge is -1.97. The second-order valence-electron chi connectivity index (χ2n) is 3.19. The van der Waals surface area contributed by atoms with Gasteiger partial charge >= 0.3 is 0 Å². The highest BCUT2D eigenvalue weighted by Gasteiger charge is 2.05. The average Bonchev–Trinajstić information content (AvgIpc) is 2.48. The molecule has 0 aliphatic carbocycles. The summed E-state index contributed by atoms with van der Waals surface area (Å²) in [5, 5.41) is 0. The highest BCUT2D eigenvalue weighted by Crippen LogP contribution is 1.94. The lowest BCUT2D eigenvalue weighted by atomic mass is 10.3. The van der Waals surface area contributed by atoms with Crippen LogP contribution in [0.4, 0.5) is 0 Å². The highest BCUT2D eigenvalue weighted by molar-refractivity contribution is 4.69. The summed E-state index contributed by atoms with van der Waals surface area (Å²) in [7, 11) is 0. The molecule has 0 fully saturated rings. The van der Waals surface area contributed by atoms with Crippen LogP contribution in [-0.2, 0) is 6.54 Å². The standard InChI is InChI=1S/C9H18N3.ClH/c1-3-4-5-11-6-7-12(8-11)9(2)10;/h6-9H,3-5,10H2,1-2H3;1H/q+1;/p-1. The third-order valence-corrected chi connectivity index (χ3v) is 1.95. The molecule has 0 saturated heterocycles. The van der Waals surface area contributed by atoms with Crippen LogP contribution in [0.1, 0.15) is 32.9 Å². The minimum absolute atomic E-state index is 0. The molecule has 76 valence electrons. The number of rotatable bonds is 4. The second-order valence-corrected chi connectivity index (χ2v) is 3.19. The molecule has 0 aromatic carbocycles. The molecule has 1 unspecified atom stereocenters. The number of nitrogens with zero attached hydrogens (tertiary/aromatic N) is 2. The summed E-state index contributed by atoms with van der Waals surface area (Å²) >= 11 is 0. The molecular weight excluding hydrogens is 186 g/mol. The minimum atomic E-state index is 0. The molecule has 0 aliphatic rings. The molecule has 1 rings (SSSR count). The molecular formula is C9H18ClN3. The van der Waals surface area contributed by atoms with E-state index in [0.717, 1.165) is 6.54 Å². The Morgan fingerprint density at radius 1 is 1.54 bits per heavy atom. The van der Waals surface area contributed by atoms with E-state index in [4.69, 9.17) is 5.73 Å². The second kappa shape index (κ2) is 6.00. The maximum absolute atomic E-state index is 5.71. The van der Waals surface area contributed by atoms with Crippen molar-refractivity contribution in [2.45, 2.75) is 39.4 Å². The summed E-state index contributed by atoms with van der Waals surface area (Å²) in [4.78, 5) is 0. The molecule has 0 radical (unpaired) electrons. The van der Waals surface area contributed by atoms with Gasteiger partial charge in [0, 0.05) is 0 Å². The molecule has 2 N–H and O–H groups in total. The van der Waals surface area contributed by atoms with Crippen LogP contribution in [0.5, 0.6) is 0 Å². The van der Waals surface area contributed by atoms with Gasteiger partial charge in [0.1, 0.15) is 18.6 Å². The van der Waals surface area contributed by atoms with Gasteiger partial charge in [-0.3, -0.25) is 5.73 Å². The fourth-order valence-electron chi connectivity index (χ4n) is 1.12. The van der Waals surface area contributed by atoms with E-state index < -0.39 is 0 Å². The maximum atomic E-state index is 5.71. The van der Waals surface area contributed by atoms with Crippen LogP contribution in [-0.4, -0.2) is 4.57 Å². The number of aromatic nitrogens is 2. The fraction of sp³-hybridized carbons (Fsp3) is 0.667. The van der Waals surface area contributed by atoms with E-state index >= 15 is 0 Å². The first-order valence-corrected chi connectivity index (χ1v) is 4.56. The number of aryl methyl sites for hydroxylation is 1. The Kier molecular flexibility index (Phi) is 5.75. The largest absolute Gasteiger partial charge is 1.00 e. The predicted molar refractivity (Wildman–Crippen MR) is 48.4 cm³/mol. The number of halogens is 1. The molecule has 1 aromatic heterocycles. The maximum Gasteiger partial charge on any atom is 0.245 e. The van der Waals surface area contributed by atoms with Crippen molar-refractivity contribution in [1.82, 2.24) is 4.57 Å². The highest BCUT2D eigenvalue weighted by atomic mass is 35.5. The van der Waals surface area contributed by atoms with E-state index in [0.29, 0.717) is 0 Å². The first-order valence-electron chi connectivity index (χ1n) is 4.56. The van der Waals surface area contributed by atoms with Crippen LogP contribution in [0.15, 0.2) is 18.7 Å². The van der Waals surface area contributed by atoms with Crippen molar-refractivity contribution < 1.29 is 17.0 Å². The number of hydrogen-bond acceptors (Lipinski definition) is 1. The predicted octanol–water partition coefficient (Wildman–Crippen LogP) is -1.94. The fourth-order valence-corrected chi connectivity index (χ4v) is 1.12. The van der Waals surface area contributed by atoms with Crippen molar-refractivity contribution in [3.05, 3.63) is 18.7 Å². The Hall–Kier alpha value is -0.540. The Morgan fingerprint density at radius 2 is 2.23 bits per heavy atom. The number of nitrogens with two attached hydrogens (primary N) is 1. The van der Waals surface area contributed by atoms with E-state index in [1.54, 1.807) is 0 Å². The van der Waals surface area contributed by atoms with Crippen LogP contribution in [0, 0.1) is 0 Å². The van der Waals surface area contributed by atoms with E-state index in [1.165, 1.54) is 12.8 Å². The first-order chi connectivity index (χ1) is 5.74. The summed E-state index contributed by atoms with van der Waals surface area (Å²) in [6, 6.07) is 0. The smallest absolute Gasteiger partial charge is 0.245 e. The molecule has 13 heavy (non-hydrogen) atoms. The average molecular weight is 204 g/mol. The molecule has 1 atom stereocenters. The molecule has 1 heterocycles. The van der Waals surface area contributed by atoms with Gasteiger partial charge in [0.2, 0.25) is 6.33 Å². The van der Waals surface area contributed by atoms with Crippen molar-refractivity contribution in [2.24, 2.45) is 5.73 Å². The van der Waals surface area contributed by atoms with Crippen molar-refractivity contribution in [2.75, 3.05) is 0 Å². The normalized spacial score (nSPS) is 12.2. The topological polar surface area (TPSA) is 34.8 Å². The van der Waals surface area contributed by atoms with Gasteiger partial charge in [-0.15, -0.1) is 0 Å². The van der Waals surface area contributed by atoms with Crippen LogP contribution < -0.4 is 22.7 Å². The molecule has 4 heteroatoms. The van der Waals surface area contributed by atoms with Gasteiger partial charge in [0.05, 0.1) is 6.54 Å². The molecule has 3 nitrogen and oxygen atoms in total. The van der Waals surface area contributed by atoms with Crippen molar-refractivity contribution >= 4 is 0 Å². The van der Waals surface area contributed by atoms with Crippen molar-refractivity contribution in [3.63, 3.8) is 0 Å². The third-order valence-electron chi connectivity index (χ3n) is 1.95. The summed E-state index contributed by atoms with van der Waals surface area (Å²) in [5.41, 5.74) is 5.71. The van der Waals surface area contributed by atoms with Gasteiger partial charge in [-0.1, -0.05) is 13.3 Å². The van der Waals surface area contributed by atoms with E-state index in [-0.39, 0.29) is 18.6 Å². The number of unbranched alkanes of at least 4 members (excludes halogenated alkanes) is 1. The number of hydrogen-bond donors (Lipinski definition) is 1. The summed E-state index contributed by atoms with van der Waals surface area (Å²) < 4.78 is 4.18. The Morgan fingerprint density at radius 3 is 2.69 bits per heavy atom. The lowest BCUT2D eigenvalue weighted by molar-refractivity contribution is -0.697. The van der Waals surface area contributed by atoms with E-state index in [2.05, 4.69) is 24.0 Å². The van der Waals surface area contributed by atoms with E-state index in [1.807, 2.05) is 17.7 Å². The molecule has 0 bridgehead atoms. The van der Waals surface area contributed by atoms with Gasteiger partial charge in [-0.25, -0.2) is 9.13 Å². The summed E-state index contributed by atoms with van der Waals surface area (Å²) in [6.07, 6.45) is 8.68. The van der Waals surface area contributed by atoms with E-state index in [9.17, 15) is 0 Å². The quantitative estimate of drug-likeness (QED) is 0.568. The van der Waals surface area contributed by atoms with Gasteiger partial charge in [-0.05, 0) is 13.3 Å². The Balaban J connectivity index is 0.00000144. The zero-order chi connectivity index (χ0) is 8.97. The third kappa shape index (κ3) is 3.79. The van der Waals surface area contributed by atoms with Crippen LogP contribution in [0.3, 0.4) is 0 Å². The number of imidazole rings is 1. The van der Waals surface area contributed by atoms with Crippen molar-refractivity contribution in [3.8, 4) is 0 Å². The molecule has 0 aliphatic heterocycles. The van der Waals surface area contributed by atoms with Crippen LogP contribution >= 0.6 is 0 Å². The zero-order valence-corrected chi connectivity index (χ0v) is 9.04. The molecule has 0 amide bonds. The van der Waals surface area contributed by atoms with Gasteiger partial charge < -0.3 is 12.4 Å². The van der Waals surface area contributed by atoms with Crippen molar-refractivity contribution in [1.29, 1.82) is 0 Å². The summed E-state index contributed by atoms with van der Waals surface area (Å²) in [5.74, 6) is 0. The first kappa shape index (κ1) is 12.5. The molecule has 1 aromatic rings. The molecule has 0 spiro atoms. The Labute approximate surface area is 86.0 Å². The van der Waals surface area contributed by atoms with Gasteiger partial charge in [-0.2, -0.15) is 0 Å². The zero-order valence-electron chi connectivity index (χ0n) is 8.28.